The fourth-order valence-electron chi connectivity index (χ4n) is 1.61. The lowest BCUT2D eigenvalue weighted by molar-refractivity contribution is 0.110. The van der Waals surface area contributed by atoms with Crippen molar-refractivity contribution in [1.29, 1.82) is 0 Å². The van der Waals surface area contributed by atoms with Crippen LogP contribution < -0.4 is 0 Å². The molecular formula is C9H22N2O2P+. The van der Waals surface area contributed by atoms with Gasteiger partial charge in [-0.1, -0.05) is 27.7 Å². The smallest absolute Gasteiger partial charge is 0.245 e. The van der Waals surface area contributed by atoms with E-state index in [1.807, 2.05) is 37.5 Å². The Labute approximate surface area is 87.8 Å². The summed E-state index contributed by atoms with van der Waals surface area (Å²) in [6.07, 6.45) is 0. The first-order valence-electron chi connectivity index (χ1n) is 5.25. The maximum Gasteiger partial charge on any atom is 0.541 e. The summed E-state index contributed by atoms with van der Waals surface area (Å²) in [4.78, 5) is 13.3. The SMILES string of the molecule is CCN(CC)C(N(CC)CC)[P+](=O)O. The summed E-state index contributed by atoms with van der Waals surface area (Å²) >= 11 is 0. The first kappa shape index (κ1) is 14.0. The van der Waals surface area contributed by atoms with E-state index in [-0.39, 0.29) is 5.91 Å². The molecule has 0 heterocycles. The highest BCUT2D eigenvalue weighted by atomic mass is 31.1. The number of hydrogen-bond acceptors (Lipinski definition) is 3. The van der Waals surface area contributed by atoms with Crippen molar-refractivity contribution in [3.8, 4) is 0 Å². The molecule has 0 aliphatic carbocycles. The Hall–Kier alpha value is -0.0200. The Bertz CT molecular complexity index is 158. The van der Waals surface area contributed by atoms with Crippen LogP contribution in [0.4, 0.5) is 0 Å². The normalized spacial score (nSPS) is 13.0. The molecule has 0 saturated carbocycles. The van der Waals surface area contributed by atoms with Crippen LogP contribution >= 0.6 is 8.03 Å². The highest BCUT2D eigenvalue weighted by molar-refractivity contribution is 7.38. The van der Waals surface area contributed by atoms with E-state index < -0.39 is 8.03 Å². The van der Waals surface area contributed by atoms with Gasteiger partial charge >= 0.3 is 8.03 Å². The minimum atomic E-state index is -2.16. The average molecular weight is 221 g/mol. The van der Waals surface area contributed by atoms with Gasteiger partial charge in [-0.15, -0.1) is 0 Å². The van der Waals surface area contributed by atoms with E-state index >= 15 is 0 Å². The minimum Gasteiger partial charge on any atom is -0.245 e. The van der Waals surface area contributed by atoms with Crippen LogP contribution in [0.3, 0.4) is 0 Å². The highest BCUT2D eigenvalue weighted by Crippen LogP contribution is 2.28. The molecule has 0 aliphatic rings. The van der Waals surface area contributed by atoms with Gasteiger partial charge in [-0.25, -0.2) is 9.80 Å². The molecule has 84 valence electrons. The third-order valence-electron chi connectivity index (χ3n) is 2.48. The van der Waals surface area contributed by atoms with Crippen LogP contribution in [0.25, 0.3) is 0 Å². The molecule has 0 aromatic heterocycles. The van der Waals surface area contributed by atoms with Crippen molar-refractivity contribution in [3.05, 3.63) is 0 Å². The molecule has 0 rings (SSSR count). The zero-order valence-electron chi connectivity index (χ0n) is 9.60. The second-order valence-corrected chi connectivity index (χ2v) is 4.16. The van der Waals surface area contributed by atoms with Crippen LogP contribution in [0.1, 0.15) is 27.7 Å². The van der Waals surface area contributed by atoms with Gasteiger partial charge in [0.1, 0.15) is 0 Å². The van der Waals surface area contributed by atoms with Gasteiger partial charge in [0.15, 0.2) is 0 Å². The number of hydrogen-bond donors (Lipinski definition) is 1. The van der Waals surface area contributed by atoms with Crippen molar-refractivity contribution in [2.24, 2.45) is 0 Å². The summed E-state index contributed by atoms with van der Waals surface area (Å²) < 4.78 is 11.3. The number of nitrogens with zero attached hydrogens (tertiary/aromatic N) is 2. The molecule has 14 heavy (non-hydrogen) atoms. The molecular weight excluding hydrogens is 199 g/mol. The van der Waals surface area contributed by atoms with Gasteiger partial charge in [0, 0.05) is 26.2 Å². The predicted molar refractivity (Wildman–Crippen MR) is 59.5 cm³/mol. The maximum atomic E-state index is 11.3. The fourth-order valence-corrected chi connectivity index (χ4v) is 2.82. The summed E-state index contributed by atoms with van der Waals surface area (Å²) in [5, 5.41) is 0. The molecule has 0 aromatic rings. The van der Waals surface area contributed by atoms with Gasteiger partial charge in [-0.2, -0.15) is 4.89 Å². The van der Waals surface area contributed by atoms with Crippen LogP contribution in [-0.4, -0.2) is 46.8 Å². The van der Waals surface area contributed by atoms with E-state index in [1.54, 1.807) is 0 Å². The third-order valence-corrected chi connectivity index (χ3v) is 3.52. The molecule has 0 amide bonds. The zero-order chi connectivity index (χ0) is 11.1. The zero-order valence-corrected chi connectivity index (χ0v) is 10.5. The molecule has 1 atom stereocenters. The fraction of sp³-hybridized carbons (Fsp3) is 1.00. The summed E-state index contributed by atoms with van der Waals surface area (Å²) in [6.45, 7) is 11.3. The molecule has 5 heteroatoms. The van der Waals surface area contributed by atoms with E-state index in [9.17, 15) is 9.46 Å². The first-order valence-corrected chi connectivity index (χ1v) is 6.53. The second kappa shape index (κ2) is 7.30. The van der Waals surface area contributed by atoms with Crippen LogP contribution in [0.2, 0.25) is 0 Å². The van der Waals surface area contributed by atoms with Crippen molar-refractivity contribution in [2.45, 2.75) is 33.6 Å². The van der Waals surface area contributed by atoms with Gasteiger partial charge in [0.25, 0.3) is 5.91 Å². The molecule has 4 nitrogen and oxygen atoms in total. The molecule has 0 aliphatic heterocycles. The Morgan fingerprint density at radius 2 is 1.29 bits per heavy atom. The summed E-state index contributed by atoms with van der Waals surface area (Å²) in [5.74, 6) is -0.324. The quantitative estimate of drug-likeness (QED) is 0.525. The number of rotatable bonds is 7. The van der Waals surface area contributed by atoms with E-state index in [0.717, 1.165) is 26.2 Å². The lowest BCUT2D eigenvalue weighted by Gasteiger charge is -2.28. The maximum absolute atomic E-state index is 11.3. The molecule has 1 unspecified atom stereocenters. The first-order chi connectivity index (χ1) is 6.62. The monoisotopic (exact) mass is 221 g/mol. The van der Waals surface area contributed by atoms with Gasteiger partial charge in [0.2, 0.25) is 0 Å². The van der Waals surface area contributed by atoms with Crippen molar-refractivity contribution >= 4 is 8.03 Å². The lowest BCUT2D eigenvalue weighted by atomic mass is 10.5. The predicted octanol–water partition coefficient (Wildman–Crippen LogP) is 1.69. The van der Waals surface area contributed by atoms with E-state index in [4.69, 9.17) is 0 Å². The topological polar surface area (TPSA) is 43.8 Å². The van der Waals surface area contributed by atoms with E-state index in [2.05, 4.69) is 0 Å². The molecule has 0 fully saturated rings. The van der Waals surface area contributed by atoms with Crippen molar-refractivity contribution in [1.82, 2.24) is 9.80 Å². The van der Waals surface area contributed by atoms with E-state index in [0.29, 0.717) is 0 Å². The molecule has 0 saturated heterocycles. The van der Waals surface area contributed by atoms with Gasteiger partial charge in [0.05, 0.1) is 0 Å². The van der Waals surface area contributed by atoms with Gasteiger partial charge < -0.3 is 0 Å². The lowest BCUT2D eigenvalue weighted by Crippen LogP contribution is -2.46. The summed E-state index contributed by atoms with van der Waals surface area (Å²) in [6, 6.07) is 0. The largest absolute Gasteiger partial charge is 0.541 e. The Kier molecular flexibility index (Phi) is 7.28. The van der Waals surface area contributed by atoms with Crippen molar-refractivity contribution in [3.63, 3.8) is 0 Å². The van der Waals surface area contributed by atoms with E-state index in [1.165, 1.54) is 0 Å². The van der Waals surface area contributed by atoms with Crippen molar-refractivity contribution < 1.29 is 9.46 Å². The Balaban J connectivity index is 4.62. The highest BCUT2D eigenvalue weighted by Gasteiger charge is 2.38. The average Bonchev–Trinajstić information content (AvgIpc) is 2.18. The Morgan fingerprint density at radius 3 is 1.43 bits per heavy atom. The third kappa shape index (κ3) is 3.62. The van der Waals surface area contributed by atoms with Gasteiger partial charge in [-0.05, 0) is 4.57 Å². The second-order valence-electron chi connectivity index (χ2n) is 3.09. The summed E-state index contributed by atoms with van der Waals surface area (Å²) in [5.41, 5.74) is 0. The van der Waals surface area contributed by atoms with Crippen LogP contribution in [-0.2, 0) is 4.57 Å². The standard InChI is InChI=1S/C9H21N2O2P/c1-5-10(6-2)9(14(12)13)11(7-3)8-4/h9H,5-8H2,1-4H3/p+1. The molecule has 0 bridgehead atoms. The summed E-state index contributed by atoms with van der Waals surface area (Å²) in [7, 11) is -2.16. The van der Waals surface area contributed by atoms with Crippen LogP contribution in [0, 0.1) is 0 Å². The molecule has 1 N–H and O–H groups in total. The minimum absolute atomic E-state index is 0.324. The molecule has 0 aromatic carbocycles. The van der Waals surface area contributed by atoms with Crippen molar-refractivity contribution in [2.75, 3.05) is 26.2 Å². The Morgan fingerprint density at radius 1 is 1.00 bits per heavy atom. The van der Waals surface area contributed by atoms with Gasteiger partial charge in [-0.3, -0.25) is 0 Å². The molecule has 0 spiro atoms. The van der Waals surface area contributed by atoms with Crippen LogP contribution in [0.15, 0.2) is 0 Å². The van der Waals surface area contributed by atoms with Crippen LogP contribution in [0.5, 0.6) is 0 Å². The molecule has 0 radical (unpaired) electrons.